The number of aromatic nitrogens is 2. The molecule has 0 spiro atoms. The molecule has 116 valence electrons. The van der Waals surface area contributed by atoms with Crippen LogP contribution in [-0.4, -0.2) is 70.9 Å². The minimum atomic E-state index is 0.262. The molecular weight excluding hydrogens is 286 g/mol. The van der Waals surface area contributed by atoms with Crippen LogP contribution in [0.5, 0.6) is 0 Å². The third kappa shape index (κ3) is 3.71. The topological polar surface area (TPSA) is 52.6 Å². The van der Waals surface area contributed by atoms with Crippen molar-refractivity contribution in [3.63, 3.8) is 0 Å². The second kappa shape index (κ2) is 6.27. The van der Waals surface area contributed by atoms with Crippen molar-refractivity contribution in [1.29, 1.82) is 0 Å². The maximum absolute atomic E-state index is 12.2. The van der Waals surface area contributed by atoms with E-state index in [4.69, 9.17) is 0 Å². The van der Waals surface area contributed by atoms with Crippen LogP contribution >= 0.6 is 11.5 Å². The minimum absolute atomic E-state index is 0.262. The number of nitrogens with zero attached hydrogens (tertiary/aromatic N) is 5. The Morgan fingerprint density at radius 2 is 2.14 bits per heavy atom. The molecule has 3 rings (SSSR count). The molecule has 2 heterocycles. The number of amides is 1. The first-order chi connectivity index (χ1) is 10.1. The van der Waals surface area contributed by atoms with Gasteiger partial charge in [0, 0.05) is 50.8 Å². The van der Waals surface area contributed by atoms with Gasteiger partial charge in [-0.1, -0.05) is 0 Å². The maximum atomic E-state index is 12.2. The van der Waals surface area contributed by atoms with E-state index in [2.05, 4.69) is 19.2 Å². The number of carbonyl (C=O) groups is 1. The molecule has 2 aliphatic rings. The highest BCUT2D eigenvalue weighted by Crippen LogP contribution is 2.25. The van der Waals surface area contributed by atoms with Crippen molar-refractivity contribution >= 4 is 22.6 Å². The van der Waals surface area contributed by atoms with Crippen LogP contribution in [0.1, 0.15) is 25.1 Å². The molecule has 1 saturated heterocycles. The molecule has 1 saturated carbocycles. The third-order valence-electron chi connectivity index (χ3n) is 4.22. The molecule has 1 aromatic rings. The second-order valence-corrected chi connectivity index (χ2v) is 6.71. The second-order valence-electron chi connectivity index (χ2n) is 5.98. The van der Waals surface area contributed by atoms with Crippen molar-refractivity contribution in [1.82, 2.24) is 19.2 Å². The van der Waals surface area contributed by atoms with Gasteiger partial charge in [-0.25, -0.2) is 4.98 Å². The predicted octanol–water partition coefficient (Wildman–Crippen LogP) is 0.979. The number of rotatable bonds is 4. The Balaban J connectivity index is 1.52. The molecule has 1 aliphatic heterocycles. The van der Waals surface area contributed by atoms with Crippen LogP contribution in [0.3, 0.4) is 0 Å². The predicted molar refractivity (Wildman–Crippen MR) is 83.7 cm³/mol. The Kier molecular flexibility index (Phi) is 4.40. The van der Waals surface area contributed by atoms with E-state index in [1.54, 1.807) is 0 Å². The Labute approximate surface area is 129 Å². The Morgan fingerprint density at radius 3 is 2.81 bits per heavy atom. The van der Waals surface area contributed by atoms with E-state index >= 15 is 0 Å². The molecule has 1 aromatic heterocycles. The van der Waals surface area contributed by atoms with Gasteiger partial charge in [0.25, 0.3) is 0 Å². The normalized spacial score (nSPS) is 20.4. The molecule has 1 aliphatic carbocycles. The van der Waals surface area contributed by atoms with Gasteiger partial charge >= 0.3 is 0 Å². The highest BCUT2D eigenvalue weighted by molar-refractivity contribution is 7.09. The Bertz CT molecular complexity index is 501. The fourth-order valence-corrected chi connectivity index (χ4v) is 3.43. The van der Waals surface area contributed by atoms with Crippen LogP contribution in [0, 0.1) is 6.92 Å². The van der Waals surface area contributed by atoms with E-state index in [1.807, 2.05) is 18.9 Å². The van der Waals surface area contributed by atoms with E-state index < -0.39 is 0 Å². The van der Waals surface area contributed by atoms with Crippen LogP contribution in [0.4, 0.5) is 5.13 Å². The zero-order chi connectivity index (χ0) is 14.8. The molecule has 6 nitrogen and oxygen atoms in total. The Hall–Kier alpha value is -1.21. The van der Waals surface area contributed by atoms with Gasteiger partial charge in [-0.2, -0.15) is 4.37 Å². The van der Waals surface area contributed by atoms with Crippen molar-refractivity contribution in [2.45, 2.75) is 32.2 Å². The van der Waals surface area contributed by atoms with Crippen LogP contribution in [0.15, 0.2) is 0 Å². The summed E-state index contributed by atoms with van der Waals surface area (Å²) in [4.78, 5) is 23.2. The van der Waals surface area contributed by atoms with Crippen LogP contribution in [-0.2, 0) is 4.79 Å². The monoisotopic (exact) mass is 309 g/mol. The van der Waals surface area contributed by atoms with Crippen molar-refractivity contribution in [3.8, 4) is 0 Å². The van der Waals surface area contributed by atoms with Crippen molar-refractivity contribution < 1.29 is 4.79 Å². The number of hydrogen-bond donors (Lipinski definition) is 0. The van der Waals surface area contributed by atoms with E-state index in [0.717, 1.165) is 43.6 Å². The average Bonchev–Trinajstić information content (AvgIpc) is 3.25. The molecule has 21 heavy (non-hydrogen) atoms. The van der Waals surface area contributed by atoms with Gasteiger partial charge in [0.1, 0.15) is 5.82 Å². The molecule has 0 bridgehead atoms. The van der Waals surface area contributed by atoms with E-state index in [9.17, 15) is 4.79 Å². The first-order valence-electron chi connectivity index (χ1n) is 7.67. The summed E-state index contributed by atoms with van der Waals surface area (Å²) in [5.74, 6) is 1.11. The summed E-state index contributed by atoms with van der Waals surface area (Å²) >= 11 is 1.47. The van der Waals surface area contributed by atoms with Crippen molar-refractivity contribution in [2.24, 2.45) is 0 Å². The lowest BCUT2D eigenvalue weighted by molar-refractivity contribution is -0.131. The van der Waals surface area contributed by atoms with E-state index in [0.29, 0.717) is 12.6 Å². The molecule has 0 radical (unpaired) electrons. The number of likely N-dealkylation sites (N-methyl/N-ethyl adjacent to an activating group) is 1. The number of aryl methyl sites for hydroxylation is 1. The standard InChI is InChI=1S/C14H23N5OS/c1-11-15-14(21-16-11)19-7-3-6-18(8-9-19)10-13(20)17(2)12-4-5-12/h12H,3-10H2,1-2H3. The Morgan fingerprint density at radius 1 is 1.33 bits per heavy atom. The number of hydrogen-bond acceptors (Lipinski definition) is 6. The van der Waals surface area contributed by atoms with Gasteiger partial charge in [-0.3, -0.25) is 9.69 Å². The van der Waals surface area contributed by atoms with Gasteiger partial charge in [0.05, 0.1) is 6.54 Å². The molecule has 0 unspecified atom stereocenters. The molecule has 0 N–H and O–H groups in total. The summed E-state index contributed by atoms with van der Waals surface area (Å²) < 4.78 is 4.25. The lowest BCUT2D eigenvalue weighted by Crippen LogP contribution is -2.41. The number of anilines is 1. The summed E-state index contributed by atoms with van der Waals surface area (Å²) in [7, 11) is 1.94. The molecule has 2 fully saturated rings. The van der Waals surface area contributed by atoms with Crippen LogP contribution in [0.25, 0.3) is 0 Å². The zero-order valence-electron chi connectivity index (χ0n) is 12.8. The van der Waals surface area contributed by atoms with Gasteiger partial charge in [-0.05, 0) is 26.2 Å². The van der Waals surface area contributed by atoms with E-state index in [1.165, 1.54) is 24.4 Å². The van der Waals surface area contributed by atoms with Crippen LogP contribution < -0.4 is 4.90 Å². The molecule has 7 heteroatoms. The number of carbonyl (C=O) groups excluding carboxylic acids is 1. The maximum Gasteiger partial charge on any atom is 0.236 e. The van der Waals surface area contributed by atoms with Gasteiger partial charge in [-0.15, -0.1) is 0 Å². The first-order valence-corrected chi connectivity index (χ1v) is 8.44. The zero-order valence-corrected chi connectivity index (χ0v) is 13.6. The molecular formula is C14H23N5OS. The first kappa shape index (κ1) is 14.7. The smallest absolute Gasteiger partial charge is 0.236 e. The van der Waals surface area contributed by atoms with Gasteiger partial charge in [0.15, 0.2) is 0 Å². The SMILES string of the molecule is Cc1nsc(N2CCCN(CC(=O)N(C)C3CC3)CC2)n1. The summed E-state index contributed by atoms with van der Waals surface area (Å²) in [6, 6.07) is 0.505. The fourth-order valence-electron chi connectivity index (χ4n) is 2.70. The summed E-state index contributed by atoms with van der Waals surface area (Å²) in [5, 5.41) is 1.01. The van der Waals surface area contributed by atoms with Crippen molar-refractivity contribution in [3.05, 3.63) is 5.82 Å². The van der Waals surface area contributed by atoms with E-state index in [-0.39, 0.29) is 5.91 Å². The molecule has 0 aromatic carbocycles. The molecule has 0 atom stereocenters. The highest BCUT2D eigenvalue weighted by atomic mass is 32.1. The summed E-state index contributed by atoms with van der Waals surface area (Å²) in [6.45, 7) is 6.31. The van der Waals surface area contributed by atoms with Gasteiger partial charge < -0.3 is 9.80 Å². The summed E-state index contributed by atoms with van der Waals surface area (Å²) in [6.07, 6.45) is 3.41. The lowest BCUT2D eigenvalue weighted by Gasteiger charge is -2.24. The largest absolute Gasteiger partial charge is 0.346 e. The fraction of sp³-hybridized carbons (Fsp3) is 0.786. The third-order valence-corrected chi connectivity index (χ3v) is 5.09. The minimum Gasteiger partial charge on any atom is -0.346 e. The quantitative estimate of drug-likeness (QED) is 0.830. The summed E-state index contributed by atoms with van der Waals surface area (Å²) in [5.41, 5.74) is 0. The molecule has 1 amide bonds. The highest BCUT2D eigenvalue weighted by Gasteiger charge is 2.30. The van der Waals surface area contributed by atoms with Gasteiger partial charge in [0.2, 0.25) is 11.0 Å². The lowest BCUT2D eigenvalue weighted by atomic mass is 10.3. The average molecular weight is 309 g/mol. The van der Waals surface area contributed by atoms with Crippen LogP contribution in [0.2, 0.25) is 0 Å². The van der Waals surface area contributed by atoms with Crippen molar-refractivity contribution in [2.75, 3.05) is 44.7 Å².